The van der Waals surface area contributed by atoms with Crippen molar-refractivity contribution in [2.75, 3.05) is 25.0 Å². The SMILES string of the molecule is CCN(CC)S(=O)(=O)c1cccc(NC(=O)COc2ncnc3ccccc23)c1. The molecule has 0 unspecified atom stereocenters. The maximum absolute atomic E-state index is 12.6. The van der Waals surface area contributed by atoms with Crippen LogP contribution in [0.3, 0.4) is 0 Å². The average molecular weight is 414 g/mol. The predicted molar refractivity (Wildman–Crippen MR) is 110 cm³/mol. The average Bonchev–Trinajstić information content (AvgIpc) is 2.73. The Balaban J connectivity index is 1.70. The molecule has 152 valence electrons. The second-order valence-corrected chi connectivity index (χ2v) is 8.09. The number of rotatable bonds is 8. The van der Waals surface area contributed by atoms with Crippen molar-refractivity contribution in [2.45, 2.75) is 18.7 Å². The van der Waals surface area contributed by atoms with E-state index in [1.54, 1.807) is 26.0 Å². The topological polar surface area (TPSA) is 101 Å². The zero-order valence-corrected chi connectivity index (χ0v) is 17.0. The van der Waals surface area contributed by atoms with E-state index in [4.69, 9.17) is 4.74 Å². The van der Waals surface area contributed by atoms with E-state index in [2.05, 4.69) is 15.3 Å². The van der Waals surface area contributed by atoms with Crippen LogP contribution in [0.5, 0.6) is 5.88 Å². The first kappa shape index (κ1) is 20.7. The van der Waals surface area contributed by atoms with Crippen LogP contribution < -0.4 is 10.1 Å². The van der Waals surface area contributed by atoms with Gasteiger partial charge in [-0.25, -0.2) is 18.4 Å². The van der Waals surface area contributed by atoms with Gasteiger partial charge in [-0.05, 0) is 30.3 Å². The van der Waals surface area contributed by atoms with Crippen LogP contribution in [0.15, 0.2) is 59.8 Å². The number of benzene rings is 2. The summed E-state index contributed by atoms with van der Waals surface area (Å²) in [4.78, 5) is 20.6. The van der Waals surface area contributed by atoms with Gasteiger partial charge in [0.1, 0.15) is 6.33 Å². The molecule has 29 heavy (non-hydrogen) atoms. The van der Waals surface area contributed by atoms with Crippen LogP contribution >= 0.6 is 0 Å². The summed E-state index contributed by atoms with van der Waals surface area (Å²) in [6.45, 7) is 4.03. The van der Waals surface area contributed by atoms with Crippen molar-refractivity contribution in [3.05, 3.63) is 54.9 Å². The number of carbonyl (C=O) groups excluding carboxylic acids is 1. The maximum atomic E-state index is 12.6. The molecule has 3 aromatic rings. The molecule has 0 aliphatic heterocycles. The van der Waals surface area contributed by atoms with Gasteiger partial charge >= 0.3 is 0 Å². The molecule has 0 fully saturated rings. The van der Waals surface area contributed by atoms with Gasteiger partial charge in [0.25, 0.3) is 5.91 Å². The summed E-state index contributed by atoms with van der Waals surface area (Å²) >= 11 is 0. The van der Waals surface area contributed by atoms with Crippen molar-refractivity contribution in [2.24, 2.45) is 0 Å². The van der Waals surface area contributed by atoms with Crippen molar-refractivity contribution in [1.29, 1.82) is 0 Å². The molecule has 0 spiro atoms. The minimum absolute atomic E-state index is 0.127. The Kier molecular flexibility index (Phi) is 6.40. The summed E-state index contributed by atoms with van der Waals surface area (Å²) in [7, 11) is -3.61. The molecule has 0 saturated heterocycles. The van der Waals surface area contributed by atoms with Crippen molar-refractivity contribution >= 4 is 32.5 Å². The first-order chi connectivity index (χ1) is 14.0. The van der Waals surface area contributed by atoms with Gasteiger partial charge in [0, 0.05) is 18.8 Å². The summed E-state index contributed by atoms with van der Waals surface area (Å²) < 4.78 is 32.2. The van der Waals surface area contributed by atoms with Crippen molar-refractivity contribution in [1.82, 2.24) is 14.3 Å². The number of fused-ring (bicyclic) bond motifs is 1. The number of para-hydroxylation sites is 1. The van der Waals surface area contributed by atoms with Crippen LogP contribution in [-0.4, -0.2) is 48.3 Å². The lowest BCUT2D eigenvalue weighted by Gasteiger charge is -2.18. The monoisotopic (exact) mass is 414 g/mol. The van der Waals surface area contributed by atoms with Crippen LogP contribution in [0, 0.1) is 0 Å². The quantitative estimate of drug-likeness (QED) is 0.608. The molecule has 3 rings (SSSR count). The molecule has 0 atom stereocenters. The number of sulfonamides is 1. The van der Waals surface area contributed by atoms with E-state index < -0.39 is 15.9 Å². The molecule has 0 aliphatic carbocycles. The smallest absolute Gasteiger partial charge is 0.262 e. The number of carbonyl (C=O) groups is 1. The highest BCUT2D eigenvalue weighted by Crippen LogP contribution is 2.21. The van der Waals surface area contributed by atoms with Gasteiger partial charge in [-0.2, -0.15) is 4.31 Å². The lowest BCUT2D eigenvalue weighted by Crippen LogP contribution is -2.30. The van der Waals surface area contributed by atoms with E-state index in [1.807, 2.05) is 24.3 Å². The second kappa shape index (κ2) is 8.97. The Morgan fingerprint density at radius 1 is 1.07 bits per heavy atom. The predicted octanol–water partition coefficient (Wildman–Crippen LogP) is 2.68. The molecule has 0 radical (unpaired) electrons. The first-order valence-electron chi connectivity index (χ1n) is 9.18. The number of nitrogens with zero attached hydrogens (tertiary/aromatic N) is 3. The van der Waals surface area contributed by atoms with E-state index in [0.717, 1.165) is 0 Å². The van der Waals surface area contributed by atoms with Gasteiger partial charge in [-0.3, -0.25) is 4.79 Å². The lowest BCUT2D eigenvalue weighted by molar-refractivity contribution is -0.118. The number of aromatic nitrogens is 2. The minimum atomic E-state index is -3.61. The van der Waals surface area contributed by atoms with E-state index in [0.29, 0.717) is 35.6 Å². The second-order valence-electron chi connectivity index (χ2n) is 6.15. The van der Waals surface area contributed by atoms with Gasteiger partial charge in [0.05, 0.1) is 15.8 Å². The fourth-order valence-electron chi connectivity index (χ4n) is 2.87. The Labute approximate surface area is 169 Å². The first-order valence-corrected chi connectivity index (χ1v) is 10.6. The molecule has 1 aromatic heterocycles. The van der Waals surface area contributed by atoms with Crippen LogP contribution in [0.25, 0.3) is 10.9 Å². The molecule has 1 N–H and O–H groups in total. The van der Waals surface area contributed by atoms with Crippen molar-refractivity contribution in [3.8, 4) is 5.88 Å². The number of hydrogen-bond donors (Lipinski definition) is 1. The number of hydrogen-bond acceptors (Lipinski definition) is 6. The molecule has 1 heterocycles. The molecule has 0 bridgehead atoms. The molecule has 0 aliphatic rings. The number of amides is 1. The molecule has 8 nitrogen and oxygen atoms in total. The highest BCUT2D eigenvalue weighted by atomic mass is 32.2. The summed E-state index contributed by atoms with van der Waals surface area (Å²) in [5.41, 5.74) is 1.09. The fraction of sp³-hybridized carbons (Fsp3) is 0.250. The van der Waals surface area contributed by atoms with E-state index in [-0.39, 0.29) is 11.5 Å². The fourth-order valence-corrected chi connectivity index (χ4v) is 4.38. The van der Waals surface area contributed by atoms with Crippen LogP contribution in [0.1, 0.15) is 13.8 Å². The highest BCUT2D eigenvalue weighted by Gasteiger charge is 2.21. The minimum Gasteiger partial charge on any atom is -0.467 e. The van der Waals surface area contributed by atoms with Crippen molar-refractivity contribution < 1.29 is 17.9 Å². The summed E-state index contributed by atoms with van der Waals surface area (Å²) in [6.07, 6.45) is 1.37. The van der Waals surface area contributed by atoms with Gasteiger partial charge in [-0.15, -0.1) is 0 Å². The molecule has 9 heteroatoms. The molecular weight excluding hydrogens is 392 g/mol. The van der Waals surface area contributed by atoms with Crippen LogP contribution in [0.2, 0.25) is 0 Å². The summed E-state index contributed by atoms with van der Waals surface area (Å²) in [5, 5.41) is 3.36. The maximum Gasteiger partial charge on any atom is 0.262 e. The van der Waals surface area contributed by atoms with Gasteiger partial charge in [0.2, 0.25) is 15.9 Å². The van der Waals surface area contributed by atoms with Gasteiger partial charge in [0.15, 0.2) is 6.61 Å². The summed E-state index contributed by atoms with van der Waals surface area (Å²) in [6, 6.07) is 13.5. The standard InChI is InChI=1S/C20H22N4O4S/c1-3-24(4-2)29(26,27)16-9-7-8-15(12-16)23-19(25)13-28-20-17-10-5-6-11-18(17)21-14-22-20/h5-12,14H,3-4,13H2,1-2H3,(H,23,25). The van der Waals surface area contributed by atoms with Crippen LogP contribution in [0.4, 0.5) is 5.69 Å². The third-order valence-electron chi connectivity index (χ3n) is 4.31. The number of nitrogens with one attached hydrogen (secondary N) is 1. The van der Waals surface area contributed by atoms with E-state index >= 15 is 0 Å². The molecule has 0 saturated carbocycles. The highest BCUT2D eigenvalue weighted by molar-refractivity contribution is 7.89. The summed E-state index contributed by atoms with van der Waals surface area (Å²) in [5.74, 6) is -0.117. The van der Waals surface area contributed by atoms with Crippen molar-refractivity contribution in [3.63, 3.8) is 0 Å². The Morgan fingerprint density at radius 2 is 1.83 bits per heavy atom. The third kappa shape index (κ3) is 4.69. The molecular formula is C20H22N4O4S. The Bertz CT molecular complexity index is 1110. The Morgan fingerprint density at radius 3 is 2.59 bits per heavy atom. The number of ether oxygens (including phenoxy) is 1. The number of anilines is 1. The lowest BCUT2D eigenvalue weighted by atomic mass is 10.2. The third-order valence-corrected chi connectivity index (χ3v) is 6.35. The zero-order valence-electron chi connectivity index (χ0n) is 16.2. The molecule has 1 amide bonds. The zero-order chi connectivity index (χ0) is 20.9. The van der Waals surface area contributed by atoms with E-state index in [9.17, 15) is 13.2 Å². The van der Waals surface area contributed by atoms with E-state index in [1.165, 1.54) is 22.8 Å². The van der Waals surface area contributed by atoms with Gasteiger partial charge in [-0.1, -0.05) is 32.0 Å². The normalized spacial score (nSPS) is 11.6. The Hall–Kier alpha value is -3.04. The molecule has 2 aromatic carbocycles. The largest absolute Gasteiger partial charge is 0.467 e. The van der Waals surface area contributed by atoms with Crippen LogP contribution in [-0.2, 0) is 14.8 Å². The van der Waals surface area contributed by atoms with Gasteiger partial charge < -0.3 is 10.1 Å².